The van der Waals surface area contributed by atoms with Gasteiger partial charge in [0.1, 0.15) is 23.3 Å². The number of rotatable bonds is 3. The molecule has 1 aromatic heterocycles. The number of carbonyl (C=O) groups excluding carboxylic acids is 1. The van der Waals surface area contributed by atoms with Gasteiger partial charge < -0.3 is 14.7 Å². The average Bonchev–Trinajstić information content (AvgIpc) is 3.32. The Labute approximate surface area is 212 Å². The summed E-state index contributed by atoms with van der Waals surface area (Å²) in [4.78, 5) is 14.7. The Kier molecular flexibility index (Phi) is 5.24. The average molecular weight is 489 g/mol. The monoisotopic (exact) mass is 488 g/mol. The summed E-state index contributed by atoms with van der Waals surface area (Å²) in [6.07, 6.45) is -0.581. The zero-order valence-corrected chi connectivity index (χ0v) is 20.2. The molecule has 1 unspecified atom stereocenters. The number of hydrogen-bond donors (Lipinski definition) is 2. The molecule has 0 saturated heterocycles. The van der Waals surface area contributed by atoms with Crippen molar-refractivity contribution >= 4 is 45.9 Å². The zero-order chi connectivity index (χ0) is 24.8. The molecule has 0 saturated carbocycles. The van der Waals surface area contributed by atoms with Gasteiger partial charge in [0.2, 0.25) is 0 Å². The number of amides is 1. The van der Waals surface area contributed by atoms with E-state index in [-0.39, 0.29) is 5.57 Å². The third kappa shape index (κ3) is 3.43. The van der Waals surface area contributed by atoms with Gasteiger partial charge in [-0.3, -0.25) is 4.79 Å². The van der Waals surface area contributed by atoms with E-state index in [4.69, 9.17) is 4.52 Å². The number of hydrogen-bond acceptors (Lipinski definition) is 6. The van der Waals surface area contributed by atoms with Gasteiger partial charge in [0, 0.05) is 11.3 Å². The molecule has 7 heteroatoms. The van der Waals surface area contributed by atoms with Gasteiger partial charge in [-0.15, -0.1) is 12.6 Å². The molecule has 4 aromatic carbocycles. The van der Waals surface area contributed by atoms with Gasteiger partial charge in [-0.25, -0.2) is 0 Å². The summed E-state index contributed by atoms with van der Waals surface area (Å²) in [6, 6.07) is 29.8. The SMILES string of the molecule is Cc1ccccc1N1C(S)=C(C#N)C(=O)NC1c1ccc2noc(-c3cccc4ccccc34)c2c1. The van der Waals surface area contributed by atoms with Crippen LogP contribution in [0, 0.1) is 18.3 Å². The van der Waals surface area contributed by atoms with Crippen LogP contribution in [0.15, 0.2) is 100 Å². The van der Waals surface area contributed by atoms with E-state index in [1.807, 2.05) is 84.6 Å². The molecule has 6 rings (SSSR count). The number of aromatic nitrogens is 1. The summed E-state index contributed by atoms with van der Waals surface area (Å²) in [5.74, 6) is 0.199. The largest absolute Gasteiger partial charge is 0.355 e. The number of nitriles is 1. The van der Waals surface area contributed by atoms with Crippen LogP contribution in [0.2, 0.25) is 0 Å². The van der Waals surface area contributed by atoms with Gasteiger partial charge in [-0.2, -0.15) is 5.26 Å². The fourth-order valence-corrected chi connectivity index (χ4v) is 5.15. The lowest BCUT2D eigenvalue weighted by atomic mass is 9.99. The lowest BCUT2D eigenvalue weighted by Gasteiger charge is -2.38. The van der Waals surface area contributed by atoms with E-state index >= 15 is 0 Å². The summed E-state index contributed by atoms with van der Waals surface area (Å²) in [5.41, 5.74) is 4.28. The van der Waals surface area contributed by atoms with Gasteiger partial charge in [-0.1, -0.05) is 71.9 Å². The third-order valence-electron chi connectivity index (χ3n) is 6.54. The first-order valence-electron chi connectivity index (χ1n) is 11.4. The third-order valence-corrected chi connectivity index (χ3v) is 6.98. The van der Waals surface area contributed by atoms with Gasteiger partial charge in [0.15, 0.2) is 5.76 Å². The Bertz CT molecular complexity index is 1740. The first kappa shape index (κ1) is 22.0. The maximum Gasteiger partial charge on any atom is 0.266 e. The van der Waals surface area contributed by atoms with E-state index in [0.29, 0.717) is 16.3 Å². The molecule has 0 spiro atoms. The van der Waals surface area contributed by atoms with Crippen LogP contribution in [0.3, 0.4) is 0 Å². The summed E-state index contributed by atoms with van der Waals surface area (Å²) in [7, 11) is 0. The van der Waals surface area contributed by atoms with Gasteiger partial charge in [0.25, 0.3) is 5.91 Å². The second-order valence-corrected chi connectivity index (χ2v) is 9.08. The van der Waals surface area contributed by atoms with Gasteiger partial charge in [-0.05, 0) is 47.0 Å². The van der Waals surface area contributed by atoms with Crippen LogP contribution in [0.5, 0.6) is 0 Å². The fraction of sp³-hybridized carbons (Fsp3) is 0.0690. The smallest absolute Gasteiger partial charge is 0.266 e. The molecular weight excluding hydrogens is 468 g/mol. The van der Waals surface area contributed by atoms with E-state index in [2.05, 4.69) is 41.3 Å². The van der Waals surface area contributed by atoms with Crippen molar-refractivity contribution in [2.45, 2.75) is 13.1 Å². The Morgan fingerprint density at radius 1 is 1.00 bits per heavy atom. The molecule has 174 valence electrons. The van der Waals surface area contributed by atoms with E-state index < -0.39 is 12.1 Å². The molecule has 1 aliphatic heterocycles. The number of benzene rings is 4. The van der Waals surface area contributed by atoms with E-state index in [1.165, 1.54) is 0 Å². The lowest BCUT2D eigenvalue weighted by Crippen LogP contribution is -2.46. The molecule has 1 aliphatic rings. The number of anilines is 1. The number of nitrogens with zero attached hydrogens (tertiary/aromatic N) is 3. The first-order valence-corrected chi connectivity index (χ1v) is 11.9. The second-order valence-electron chi connectivity index (χ2n) is 8.66. The quantitative estimate of drug-likeness (QED) is 0.293. The molecule has 0 fully saturated rings. The predicted molar refractivity (Wildman–Crippen MR) is 143 cm³/mol. The lowest BCUT2D eigenvalue weighted by molar-refractivity contribution is -0.118. The van der Waals surface area contributed by atoms with Crippen molar-refractivity contribution in [3.05, 3.63) is 107 Å². The Hall–Kier alpha value is -4.54. The Balaban J connectivity index is 1.54. The number of fused-ring (bicyclic) bond motifs is 2. The molecule has 1 amide bonds. The van der Waals surface area contributed by atoms with Crippen LogP contribution in [0.4, 0.5) is 5.69 Å². The van der Waals surface area contributed by atoms with Crippen LogP contribution in [-0.2, 0) is 4.79 Å². The van der Waals surface area contributed by atoms with Crippen LogP contribution in [-0.4, -0.2) is 11.1 Å². The standard InChI is InChI=1S/C29H20N4O2S/c1-17-7-2-5-12-25(17)33-27(31-28(34)23(16-30)29(33)36)19-13-14-24-22(15-19)26(35-32-24)21-11-6-9-18-8-3-4-10-20(18)21/h2-15,27,36H,1H3,(H,31,34). The van der Waals surface area contributed by atoms with Crippen molar-refractivity contribution in [3.8, 4) is 17.4 Å². The van der Waals surface area contributed by atoms with Crippen molar-refractivity contribution in [2.75, 3.05) is 4.90 Å². The van der Waals surface area contributed by atoms with Crippen LogP contribution in [0.25, 0.3) is 33.0 Å². The number of thiol groups is 1. The molecule has 1 N–H and O–H groups in total. The number of carbonyl (C=O) groups is 1. The van der Waals surface area contributed by atoms with Crippen molar-refractivity contribution in [1.29, 1.82) is 5.26 Å². The number of nitrogens with one attached hydrogen (secondary N) is 1. The van der Waals surface area contributed by atoms with Crippen molar-refractivity contribution in [3.63, 3.8) is 0 Å². The molecule has 0 bridgehead atoms. The molecule has 0 aliphatic carbocycles. The highest BCUT2D eigenvalue weighted by atomic mass is 32.1. The number of para-hydroxylation sites is 1. The Morgan fingerprint density at radius 3 is 2.61 bits per heavy atom. The normalized spacial score (nSPS) is 15.9. The molecule has 36 heavy (non-hydrogen) atoms. The summed E-state index contributed by atoms with van der Waals surface area (Å²) in [5, 5.41) is 20.2. The van der Waals surface area contributed by atoms with E-state index in [1.54, 1.807) is 0 Å². The minimum Gasteiger partial charge on any atom is -0.355 e. The second kappa shape index (κ2) is 8.59. The summed E-state index contributed by atoms with van der Waals surface area (Å²) in [6.45, 7) is 1.98. The van der Waals surface area contributed by atoms with E-state index in [9.17, 15) is 10.1 Å². The highest BCUT2D eigenvalue weighted by Crippen LogP contribution is 2.40. The minimum atomic E-state index is -0.581. The maximum atomic E-state index is 12.8. The molecule has 1 atom stereocenters. The molecule has 6 nitrogen and oxygen atoms in total. The molecule has 5 aromatic rings. The maximum absolute atomic E-state index is 12.8. The highest BCUT2D eigenvalue weighted by molar-refractivity contribution is 7.84. The predicted octanol–water partition coefficient (Wildman–Crippen LogP) is 6.26. The minimum absolute atomic E-state index is 0.0275. The summed E-state index contributed by atoms with van der Waals surface area (Å²) < 4.78 is 5.84. The van der Waals surface area contributed by atoms with Crippen molar-refractivity contribution < 1.29 is 9.32 Å². The van der Waals surface area contributed by atoms with Crippen LogP contribution in [0.1, 0.15) is 17.3 Å². The molecular formula is C29H20N4O2S. The fourth-order valence-electron chi connectivity index (χ4n) is 4.77. The molecule has 2 heterocycles. The number of aryl methyl sites for hydroxylation is 1. The molecule has 0 radical (unpaired) electrons. The highest BCUT2D eigenvalue weighted by Gasteiger charge is 2.35. The van der Waals surface area contributed by atoms with Gasteiger partial charge >= 0.3 is 0 Å². The zero-order valence-electron chi connectivity index (χ0n) is 19.3. The Morgan fingerprint density at radius 2 is 1.78 bits per heavy atom. The van der Waals surface area contributed by atoms with E-state index in [0.717, 1.165) is 38.5 Å². The van der Waals surface area contributed by atoms with Crippen molar-refractivity contribution in [2.24, 2.45) is 0 Å². The van der Waals surface area contributed by atoms with Crippen molar-refractivity contribution in [1.82, 2.24) is 10.5 Å². The van der Waals surface area contributed by atoms with Crippen LogP contribution < -0.4 is 10.2 Å². The van der Waals surface area contributed by atoms with Gasteiger partial charge in [0.05, 0.1) is 10.4 Å². The van der Waals surface area contributed by atoms with Crippen LogP contribution >= 0.6 is 12.6 Å². The topological polar surface area (TPSA) is 82.2 Å². The first-order chi connectivity index (χ1) is 17.6. The summed E-state index contributed by atoms with van der Waals surface area (Å²) >= 11 is 4.63.